The molecular weight excluding hydrogens is 446 g/mol. The van der Waals surface area contributed by atoms with Crippen LogP contribution < -0.4 is 10.1 Å². The fourth-order valence-corrected chi connectivity index (χ4v) is 7.13. The van der Waals surface area contributed by atoms with Gasteiger partial charge in [0.2, 0.25) is 5.88 Å². The number of fused-ring (bicyclic) bond motifs is 4. The Labute approximate surface area is 194 Å². The highest BCUT2D eigenvalue weighted by atomic mass is 32.1. The number of hydrogen-bond acceptors (Lipinski definition) is 8. The Balaban J connectivity index is 1.35. The van der Waals surface area contributed by atoms with Crippen LogP contribution in [0.2, 0.25) is 0 Å². The Bertz CT molecular complexity index is 1180. The van der Waals surface area contributed by atoms with Gasteiger partial charge in [-0.25, -0.2) is 14.8 Å². The van der Waals surface area contributed by atoms with E-state index < -0.39 is 5.97 Å². The summed E-state index contributed by atoms with van der Waals surface area (Å²) in [5.74, 6) is -0.259. The van der Waals surface area contributed by atoms with E-state index in [0.29, 0.717) is 16.4 Å². The molecule has 1 N–H and O–H groups in total. The molecule has 0 radical (unpaired) electrons. The second-order valence-corrected chi connectivity index (χ2v) is 10.4. The van der Waals surface area contributed by atoms with Gasteiger partial charge >= 0.3 is 5.97 Å². The van der Waals surface area contributed by atoms with Crippen molar-refractivity contribution in [1.29, 1.82) is 0 Å². The van der Waals surface area contributed by atoms with Crippen molar-refractivity contribution in [3.8, 4) is 5.88 Å². The lowest BCUT2D eigenvalue weighted by Gasteiger charge is -2.12. The van der Waals surface area contributed by atoms with E-state index in [1.54, 1.807) is 11.3 Å². The highest BCUT2D eigenvalue weighted by molar-refractivity contribution is 7.19. The number of aromatic nitrogens is 2. The molecule has 0 unspecified atom stereocenters. The lowest BCUT2D eigenvalue weighted by Crippen LogP contribution is -2.21. The summed E-state index contributed by atoms with van der Waals surface area (Å²) >= 11 is 3.17. The van der Waals surface area contributed by atoms with Gasteiger partial charge < -0.3 is 14.8 Å². The van der Waals surface area contributed by atoms with Gasteiger partial charge in [-0.3, -0.25) is 4.79 Å². The highest BCUT2D eigenvalue weighted by Crippen LogP contribution is 2.40. The smallest absolute Gasteiger partial charge is 0.341 e. The third kappa shape index (κ3) is 3.99. The van der Waals surface area contributed by atoms with Crippen LogP contribution in [0.3, 0.4) is 0 Å². The van der Waals surface area contributed by atoms with Crippen LogP contribution in [-0.2, 0) is 35.2 Å². The van der Waals surface area contributed by atoms with Crippen LogP contribution in [0.5, 0.6) is 5.88 Å². The fraction of sp³-hybridized carbons (Fsp3) is 0.478. The van der Waals surface area contributed by atoms with Crippen molar-refractivity contribution in [2.45, 2.75) is 57.8 Å². The predicted octanol–water partition coefficient (Wildman–Crippen LogP) is 4.70. The maximum atomic E-state index is 12.8. The maximum absolute atomic E-state index is 12.8. The number of nitrogens with one attached hydrogen (secondary N) is 1. The first-order valence-electron chi connectivity index (χ1n) is 11.1. The molecule has 0 aromatic carbocycles. The zero-order chi connectivity index (χ0) is 22.1. The lowest BCUT2D eigenvalue weighted by atomic mass is 9.97. The molecule has 0 saturated carbocycles. The molecule has 3 aromatic rings. The van der Waals surface area contributed by atoms with Gasteiger partial charge in [0, 0.05) is 9.75 Å². The van der Waals surface area contributed by atoms with Crippen LogP contribution in [0.4, 0.5) is 5.00 Å². The number of esters is 1. The van der Waals surface area contributed by atoms with E-state index >= 15 is 0 Å². The summed E-state index contributed by atoms with van der Waals surface area (Å²) in [6, 6.07) is 0. The van der Waals surface area contributed by atoms with E-state index in [9.17, 15) is 9.59 Å². The number of amides is 1. The lowest BCUT2D eigenvalue weighted by molar-refractivity contribution is -0.118. The molecule has 3 aromatic heterocycles. The van der Waals surface area contributed by atoms with Crippen molar-refractivity contribution in [2.24, 2.45) is 0 Å². The quantitative estimate of drug-likeness (QED) is 0.428. The molecule has 0 aliphatic heterocycles. The van der Waals surface area contributed by atoms with Gasteiger partial charge in [0.25, 0.3) is 5.91 Å². The van der Waals surface area contributed by atoms with E-state index in [4.69, 9.17) is 9.47 Å². The molecule has 168 valence electrons. The number of thiophene rings is 2. The second kappa shape index (κ2) is 9.15. The van der Waals surface area contributed by atoms with Crippen molar-refractivity contribution in [1.82, 2.24) is 9.97 Å². The summed E-state index contributed by atoms with van der Waals surface area (Å²) in [5.41, 5.74) is 2.79. The summed E-state index contributed by atoms with van der Waals surface area (Å²) < 4.78 is 10.9. The summed E-state index contributed by atoms with van der Waals surface area (Å²) in [6.45, 7) is -0.181. The number of rotatable bonds is 5. The largest absolute Gasteiger partial charge is 0.467 e. The summed E-state index contributed by atoms with van der Waals surface area (Å²) in [7, 11) is 1.37. The molecule has 0 spiro atoms. The van der Waals surface area contributed by atoms with E-state index in [1.807, 2.05) is 0 Å². The molecular formula is C23H25N3O4S2. The molecule has 5 rings (SSSR count). The Morgan fingerprint density at radius 1 is 0.969 bits per heavy atom. The minimum Gasteiger partial charge on any atom is -0.467 e. The molecule has 32 heavy (non-hydrogen) atoms. The van der Waals surface area contributed by atoms with Gasteiger partial charge in [-0.15, -0.1) is 22.7 Å². The average molecular weight is 472 g/mol. The normalized spacial score (nSPS) is 15.5. The van der Waals surface area contributed by atoms with E-state index in [2.05, 4.69) is 15.3 Å². The van der Waals surface area contributed by atoms with Crippen molar-refractivity contribution >= 4 is 49.8 Å². The fourth-order valence-electron chi connectivity index (χ4n) is 4.62. The number of aryl methyl sites for hydroxylation is 3. The van der Waals surface area contributed by atoms with Crippen LogP contribution >= 0.6 is 22.7 Å². The SMILES string of the molecule is COC(=O)c1c(NC(=O)COc2ncnc3sc4c(c23)CCCC4)sc2c1CCCCC2. The standard InChI is InChI=1S/C23H25N3O4S2/c1-29-23(28)19-14-7-3-2-4-9-16(14)32-22(19)26-17(27)11-30-20-18-13-8-5-6-10-15(13)31-21(18)25-12-24-20/h12H,2-11H2,1H3,(H,26,27). The van der Waals surface area contributed by atoms with Gasteiger partial charge in [-0.2, -0.15) is 0 Å². The van der Waals surface area contributed by atoms with Crippen molar-refractivity contribution < 1.29 is 19.1 Å². The van der Waals surface area contributed by atoms with Crippen molar-refractivity contribution in [3.63, 3.8) is 0 Å². The molecule has 3 heterocycles. The second-order valence-electron chi connectivity index (χ2n) is 8.17. The van der Waals surface area contributed by atoms with Gasteiger partial charge in [0.15, 0.2) is 6.61 Å². The Hall–Kier alpha value is -2.52. The number of anilines is 1. The summed E-state index contributed by atoms with van der Waals surface area (Å²) in [6.07, 6.45) is 10.9. The van der Waals surface area contributed by atoms with E-state index in [-0.39, 0.29) is 12.5 Å². The first kappa shape index (κ1) is 21.3. The zero-order valence-corrected chi connectivity index (χ0v) is 19.6. The summed E-state index contributed by atoms with van der Waals surface area (Å²) in [5, 5.41) is 4.39. The molecule has 1 amide bonds. The van der Waals surface area contributed by atoms with Crippen molar-refractivity contribution in [3.05, 3.63) is 32.8 Å². The molecule has 0 atom stereocenters. The Morgan fingerprint density at radius 2 is 1.69 bits per heavy atom. The highest BCUT2D eigenvalue weighted by Gasteiger charge is 2.27. The molecule has 0 fully saturated rings. The number of ether oxygens (including phenoxy) is 2. The molecule has 9 heteroatoms. The minimum atomic E-state index is -0.400. The number of carbonyl (C=O) groups excluding carboxylic acids is 2. The van der Waals surface area contributed by atoms with Crippen molar-refractivity contribution in [2.75, 3.05) is 19.0 Å². The molecule has 7 nitrogen and oxygen atoms in total. The molecule has 0 bridgehead atoms. The number of hydrogen-bond donors (Lipinski definition) is 1. The van der Waals surface area contributed by atoms with Crippen LogP contribution in [0.1, 0.15) is 63.3 Å². The monoisotopic (exact) mass is 471 g/mol. The summed E-state index contributed by atoms with van der Waals surface area (Å²) in [4.78, 5) is 37.4. The van der Waals surface area contributed by atoms with E-state index in [0.717, 1.165) is 67.1 Å². The van der Waals surface area contributed by atoms with Crippen LogP contribution in [0.25, 0.3) is 10.2 Å². The number of methoxy groups -OCH3 is 1. The Morgan fingerprint density at radius 3 is 2.53 bits per heavy atom. The van der Waals surface area contributed by atoms with Gasteiger partial charge in [0.05, 0.1) is 18.1 Å². The molecule has 2 aliphatic carbocycles. The van der Waals surface area contributed by atoms with Crippen LogP contribution in [0, 0.1) is 0 Å². The average Bonchev–Trinajstić information content (AvgIpc) is 3.26. The molecule has 0 saturated heterocycles. The van der Waals surface area contributed by atoms with Gasteiger partial charge in [-0.05, 0) is 62.5 Å². The van der Waals surface area contributed by atoms with Gasteiger partial charge in [0.1, 0.15) is 16.2 Å². The molecule has 2 aliphatic rings. The van der Waals surface area contributed by atoms with Crippen LogP contribution in [0.15, 0.2) is 6.33 Å². The third-order valence-corrected chi connectivity index (χ3v) is 8.53. The van der Waals surface area contributed by atoms with Gasteiger partial charge in [-0.1, -0.05) is 6.42 Å². The minimum absolute atomic E-state index is 0.181. The predicted molar refractivity (Wildman–Crippen MR) is 125 cm³/mol. The zero-order valence-electron chi connectivity index (χ0n) is 18.0. The first-order valence-corrected chi connectivity index (χ1v) is 12.7. The maximum Gasteiger partial charge on any atom is 0.341 e. The van der Waals surface area contributed by atoms with E-state index in [1.165, 1.54) is 46.5 Å². The third-order valence-electron chi connectivity index (χ3n) is 6.12. The Kier molecular flexibility index (Phi) is 6.10. The van der Waals surface area contributed by atoms with Crippen LogP contribution in [-0.4, -0.2) is 35.6 Å². The number of nitrogens with zero attached hydrogens (tertiary/aromatic N) is 2. The topological polar surface area (TPSA) is 90.4 Å². The first-order chi connectivity index (χ1) is 15.7. The number of carbonyl (C=O) groups is 2.